The summed E-state index contributed by atoms with van der Waals surface area (Å²) in [5.74, 6) is 0.872. The van der Waals surface area contributed by atoms with E-state index in [4.69, 9.17) is 9.47 Å². The highest BCUT2D eigenvalue weighted by atomic mass is 35.5. The van der Waals surface area contributed by atoms with Gasteiger partial charge in [0.25, 0.3) is 0 Å². The molecule has 1 aromatic carbocycles. The standard InChI is InChI=1S/C17H24N2O4.ClH/c1-3-23-17(21)19-12-10-18(11-13-19)9-8-16(20)14-4-6-15(22-2)7-5-14;/h4-7H,3,8-13H2,1-2H3;1H/p-1. The van der Waals surface area contributed by atoms with Crippen LogP contribution in [0, 0.1) is 0 Å². The number of rotatable bonds is 6. The number of amides is 1. The van der Waals surface area contributed by atoms with Crippen LogP contribution in [0.1, 0.15) is 23.7 Å². The molecule has 1 amide bonds. The van der Waals surface area contributed by atoms with Gasteiger partial charge in [0, 0.05) is 44.7 Å². The molecule has 24 heavy (non-hydrogen) atoms. The van der Waals surface area contributed by atoms with E-state index in [1.807, 2.05) is 0 Å². The van der Waals surface area contributed by atoms with Gasteiger partial charge in [-0.2, -0.15) is 0 Å². The molecule has 1 aliphatic rings. The van der Waals surface area contributed by atoms with Gasteiger partial charge < -0.3 is 26.8 Å². The number of hydrogen-bond acceptors (Lipinski definition) is 5. The van der Waals surface area contributed by atoms with Crippen molar-refractivity contribution in [2.45, 2.75) is 13.3 Å². The summed E-state index contributed by atoms with van der Waals surface area (Å²) in [6, 6.07) is 7.18. The average molecular weight is 356 g/mol. The first kappa shape index (κ1) is 20.3. The van der Waals surface area contributed by atoms with Gasteiger partial charge in [-0.25, -0.2) is 4.79 Å². The lowest BCUT2D eigenvalue weighted by atomic mass is 10.1. The number of hydrogen-bond donors (Lipinski definition) is 0. The quantitative estimate of drug-likeness (QED) is 0.616. The largest absolute Gasteiger partial charge is 1.00 e. The maximum atomic E-state index is 12.2. The number of benzene rings is 1. The fraction of sp³-hybridized carbons (Fsp3) is 0.529. The fourth-order valence-corrected chi connectivity index (χ4v) is 2.55. The van der Waals surface area contributed by atoms with Gasteiger partial charge in [-0.05, 0) is 31.2 Å². The Labute approximate surface area is 149 Å². The SMILES string of the molecule is CCOC(=O)N1CCN(CCC(=O)c2ccc(OC)cc2)CC1.[Cl-]. The molecule has 0 saturated carbocycles. The molecule has 7 heteroatoms. The lowest BCUT2D eigenvalue weighted by molar-refractivity contribution is -0.0000206. The Morgan fingerprint density at radius 2 is 1.71 bits per heavy atom. The van der Waals surface area contributed by atoms with Crippen LogP contribution in [0.4, 0.5) is 4.79 Å². The van der Waals surface area contributed by atoms with Crippen molar-refractivity contribution < 1.29 is 31.5 Å². The predicted octanol–water partition coefficient (Wildman–Crippen LogP) is -0.954. The van der Waals surface area contributed by atoms with Crippen molar-refractivity contribution in [3.05, 3.63) is 29.8 Å². The first-order valence-corrected chi connectivity index (χ1v) is 7.95. The summed E-state index contributed by atoms with van der Waals surface area (Å²) >= 11 is 0. The molecule has 0 atom stereocenters. The van der Waals surface area contributed by atoms with Crippen molar-refractivity contribution in [1.82, 2.24) is 9.80 Å². The van der Waals surface area contributed by atoms with E-state index in [-0.39, 0.29) is 24.3 Å². The van der Waals surface area contributed by atoms with Crippen molar-refractivity contribution in [2.24, 2.45) is 0 Å². The van der Waals surface area contributed by atoms with Gasteiger partial charge in [0.05, 0.1) is 13.7 Å². The molecule has 0 bridgehead atoms. The summed E-state index contributed by atoms with van der Waals surface area (Å²) in [5.41, 5.74) is 0.705. The number of nitrogens with zero attached hydrogens (tertiary/aromatic N) is 2. The molecule has 0 aromatic heterocycles. The molecule has 1 fully saturated rings. The van der Waals surface area contributed by atoms with E-state index in [9.17, 15) is 9.59 Å². The zero-order valence-corrected chi connectivity index (χ0v) is 14.9. The molecular weight excluding hydrogens is 332 g/mol. The lowest BCUT2D eigenvalue weighted by Crippen LogP contribution is -3.00. The van der Waals surface area contributed by atoms with Crippen molar-refractivity contribution in [3.63, 3.8) is 0 Å². The smallest absolute Gasteiger partial charge is 0.409 e. The third kappa shape index (κ3) is 5.69. The van der Waals surface area contributed by atoms with Crippen LogP contribution in [-0.4, -0.2) is 68.1 Å². The number of ether oxygens (including phenoxy) is 2. The summed E-state index contributed by atoms with van der Waals surface area (Å²) in [6.07, 6.45) is 0.229. The van der Waals surface area contributed by atoms with Crippen molar-refractivity contribution in [3.8, 4) is 5.75 Å². The highest BCUT2D eigenvalue weighted by Crippen LogP contribution is 2.13. The van der Waals surface area contributed by atoms with Gasteiger partial charge >= 0.3 is 6.09 Å². The number of carbonyl (C=O) groups excluding carboxylic acids is 2. The highest BCUT2D eigenvalue weighted by molar-refractivity contribution is 5.96. The highest BCUT2D eigenvalue weighted by Gasteiger charge is 2.22. The van der Waals surface area contributed by atoms with E-state index in [0.717, 1.165) is 18.8 Å². The maximum absolute atomic E-state index is 12.2. The summed E-state index contributed by atoms with van der Waals surface area (Å²) in [5, 5.41) is 0. The minimum absolute atomic E-state index is 0. The number of carbonyl (C=O) groups is 2. The third-order valence-corrected chi connectivity index (χ3v) is 3.97. The van der Waals surface area contributed by atoms with Crippen LogP contribution in [0.5, 0.6) is 5.75 Å². The molecule has 1 aromatic rings. The van der Waals surface area contributed by atoms with Crippen LogP contribution in [0.3, 0.4) is 0 Å². The number of methoxy groups -OCH3 is 1. The van der Waals surface area contributed by atoms with E-state index in [2.05, 4.69) is 4.90 Å². The molecule has 1 saturated heterocycles. The molecular formula is C17H24ClN2O4-. The molecule has 1 heterocycles. The van der Waals surface area contributed by atoms with E-state index < -0.39 is 0 Å². The monoisotopic (exact) mass is 355 g/mol. The predicted molar refractivity (Wildman–Crippen MR) is 87.0 cm³/mol. The van der Waals surface area contributed by atoms with Crippen LogP contribution in [0.2, 0.25) is 0 Å². The van der Waals surface area contributed by atoms with Crippen LogP contribution in [-0.2, 0) is 4.74 Å². The molecule has 134 valence electrons. The molecule has 0 spiro atoms. The van der Waals surface area contributed by atoms with E-state index in [0.29, 0.717) is 38.2 Å². The number of Topliss-reactive ketones (excluding diaryl/α,β-unsaturated/α-hetero) is 1. The van der Waals surface area contributed by atoms with Gasteiger partial charge in [-0.3, -0.25) is 9.69 Å². The van der Waals surface area contributed by atoms with Crippen LogP contribution >= 0.6 is 0 Å². The molecule has 0 radical (unpaired) electrons. The minimum Gasteiger partial charge on any atom is -1.00 e. The Morgan fingerprint density at radius 1 is 1.08 bits per heavy atom. The zero-order chi connectivity index (χ0) is 16.7. The Balaban J connectivity index is 0.00000288. The Bertz CT molecular complexity index is 528. The molecule has 6 nitrogen and oxygen atoms in total. The average Bonchev–Trinajstić information content (AvgIpc) is 2.60. The summed E-state index contributed by atoms with van der Waals surface area (Å²) < 4.78 is 10.1. The Kier molecular flexibility index (Phi) is 8.57. The van der Waals surface area contributed by atoms with Crippen molar-refractivity contribution in [2.75, 3.05) is 46.4 Å². The topological polar surface area (TPSA) is 59.1 Å². The molecule has 2 rings (SSSR count). The van der Waals surface area contributed by atoms with Crippen LogP contribution in [0.25, 0.3) is 0 Å². The van der Waals surface area contributed by atoms with Gasteiger partial charge in [0.1, 0.15) is 5.75 Å². The van der Waals surface area contributed by atoms with E-state index in [1.165, 1.54) is 0 Å². The van der Waals surface area contributed by atoms with Gasteiger partial charge in [-0.1, -0.05) is 0 Å². The summed E-state index contributed by atoms with van der Waals surface area (Å²) in [4.78, 5) is 27.7. The summed E-state index contributed by atoms with van der Waals surface area (Å²) in [6.45, 7) is 5.75. The second-order valence-electron chi connectivity index (χ2n) is 5.43. The second kappa shape index (κ2) is 10.2. The lowest BCUT2D eigenvalue weighted by Gasteiger charge is -2.33. The van der Waals surface area contributed by atoms with Crippen LogP contribution in [0.15, 0.2) is 24.3 Å². The summed E-state index contributed by atoms with van der Waals surface area (Å²) in [7, 11) is 1.60. The maximum Gasteiger partial charge on any atom is 0.409 e. The van der Waals surface area contributed by atoms with E-state index >= 15 is 0 Å². The fourth-order valence-electron chi connectivity index (χ4n) is 2.55. The Hall–Kier alpha value is -1.79. The number of piperazine rings is 1. The third-order valence-electron chi connectivity index (χ3n) is 3.97. The number of halogens is 1. The van der Waals surface area contributed by atoms with E-state index in [1.54, 1.807) is 43.2 Å². The first-order valence-electron chi connectivity index (χ1n) is 7.95. The van der Waals surface area contributed by atoms with Gasteiger partial charge in [-0.15, -0.1) is 0 Å². The molecule has 0 aliphatic carbocycles. The van der Waals surface area contributed by atoms with Crippen molar-refractivity contribution >= 4 is 11.9 Å². The zero-order valence-electron chi connectivity index (χ0n) is 14.2. The first-order chi connectivity index (χ1) is 11.1. The van der Waals surface area contributed by atoms with Gasteiger partial charge in [0.2, 0.25) is 0 Å². The van der Waals surface area contributed by atoms with Gasteiger partial charge in [0.15, 0.2) is 5.78 Å². The minimum atomic E-state index is -0.249. The molecule has 0 unspecified atom stereocenters. The second-order valence-corrected chi connectivity index (χ2v) is 5.43. The van der Waals surface area contributed by atoms with Crippen molar-refractivity contribution in [1.29, 1.82) is 0 Å². The normalized spacial score (nSPS) is 14.7. The number of ketones is 1. The molecule has 1 aliphatic heterocycles. The Morgan fingerprint density at radius 3 is 2.25 bits per heavy atom. The van der Waals surface area contributed by atoms with Crippen LogP contribution < -0.4 is 17.1 Å². The molecule has 0 N–H and O–H groups in total.